The minimum atomic E-state index is -0.586. The number of carbonyl (C=O) groups is 2. The van der Waals surface area contributed by atoms with Crippen LogP contribution in [-0.4, -0.2) is 24.4 Å². The molecule has 0 bridgehead atoms. The molecule has 2 aromatic rings. The van der Waals surface area contributed by atoms with E-state index in [9.17, 15) is 9.59 Å². The van der Waals surface area contributed by atoms with Crippen molar-refractivity contribution in [2.75, 3.05) is 12.4 Å². The summed E-state index contributed by atoms with van der Waals surface area (Å²) in [5.74, 6) is 0.820. The van der Waals surface area contributed by atoms with E-state index < -0.39 is 12.0 Å². The smallest absolute Gasteiger partial charge is 0.338 e. The minimum Gasteiger partial charge on any atom is -0.463 e. The number of halogens is 1. The van der Waals surface area contributed by atoms with E-state index in [0.29, 0.717) is 22.0 Å². The van der Waals surface area contributed by atoms with Crippen molar-refractivity contribution in [2.45, 2.75) is 18.7 Å². The molecule has 1 atom stereocenters. The van der Waals surface area contributed by atoms with Gasteiger partial charge in [-0.15, -0.1) is 0 Å². The second-order valence-corrected chi connectivity index (χ2v) is 7.60. The molecule has 0 radical (unpaired) electrons. The number of ether oxygens (including phenoxy) is 1. The van der Waals surface area contributed by atoms with Crippen molar-refractivity contribution in [3.8, 4) is 0 Å². The van der Waals surface area contributed by atoms with Gasteiger partial charge in [-0.05, 0) is 30.2 Å². The first-order valence-corrected chi connectivity index (χ1v) is 10.5. The van der Waals surface area contributed by atoms with Gasteiger partial charge in [0.2, 0.25) is 0 Å². The summed E-state index contributed by atoms with van der Waals surface area (Å²) in [6.07, 6.45) is 0. The Hall–Kier alpha value is -2.44. The van der Waals surface area contributed by atoms with Crippen molar-refractivity contribution >= 4 is 35.4 Å². The van der Waals surface area contributed by atoms with E-state index >= 15 is 0 Å². The van der Waals surface area contributed by atoms with E-state index in [2.05, 4.69) is 10.6 Å². The Balaban J connectivity index is 1.87. The van der Waals surface area contributed by atoms with Crippen LogP contribution in [-0.2, 0) is 15.3 Å². The normalized spacial score (nSPS) is 16.4. The SMILES string of the molecule is CCOC(=O)C1=C(CSCc2ccccc2)NC(=O)NC1c1ccc(Cl)cc1. The minimum absolute atomic E-state index is 0.258. The van der Waals surface area contributed by atoms with Crippen LogP contribution in [0.15, 0.2) is 65.9 Å². The summed E-state index contributed by atoms with van der Waals surface area (Å²) in [6.45, 7) is 2.02. The summed E-state index contributed by atoms with van der Waals surface area (Å²) in [5.41, 5.74) is 2.94. The lowest BCUT2D eigenvalue weighted by molar-refractivity contribution is -0.139. The summed E-state index contributed by atoms with van der Waals surface area (Å²) in [5, 5.41) is 6.19. The van der Waals surface area contributed by atoms with Crippen molar-refractivity contribution in [1.82, 2.24) is 10.6 Å². The Bertz CT molecular complexity index is 869. The number of esters is 1. The molecule has 28 heavy (non-hydrogen) atoms. The first-order chi connectivity index (χ1) is 13.6. The highest BCUT2D eigenvalue weighted by atomic mass is 35.5. The van der Waals surface area contributed by atoms with E-state index in [4.69, 9.17) is 16.3 Å². The highest BCUT2D eigenvalue weighted by molar-refractivity contribution is 7.98. The largest absolute Gasteiger partial charge is 0.463 e. The number of hydrogen-bond donors (Lipinski definition) is 2. The summed E-state index contributed by atoms with van der Waals surface area (Å²) >= 11 is 7.60. The van der Waals surface area contributed by atoms with Crippen molar-refractivity contribution < 1.29 is 14.3 Å². The summed E-state index contributed by atoms with van der Waals surface area (Å²) in [6, 6.07) is 16.2. The van der Waals surface area contributed by atoms with Gasteiger partial charge < -0.3 is 15.4 Å². The van der Waals surface area contributed by atoms with Crippen LogP contribution in [0.3, 0.4) is 0 Å². The van der Waals surface area contributed by atoms with Crippen LogP contribution in [0.25, 0.3) is 0 Å². The maximum Gasteiger partial charge on any atom is 0.338 e. The number of benzene rings is 2. The van der Waals surface area contributed by atoms with Gasteiger partial charge in [0.25, 0.3) is 0 Å². The fourth-order valence-electron chi connectivity index (χ4n) is 2.93. The number of amides is 2. The van der Waals surface area contributed by atoms with E-state index in [-0.39, 0.29) is 12.6 Å². The molecule has 5 nitrogen and oxygen atoms in total. The second-order valence-electron chi connectivity index (χ2n) is 6.17. The quantitative estimate of drug-likeness (QED) is 0.654. The Kier molecular flexibility index (Phi) is 7.01. The highest BCUT2D eigenvalue weighted by Crippen LogP contribution is 2.30. The molecule has 0 saturated carbocycles. The van der Waals surface area contributed by atoms with E-state index in [1.807, 2.05) is 30.3 Å². The van der Waals surface area contributed by atoms with Gasteiger partial charge in [-0.1, -0.05) is 54.1 Å². The maximum atomic E-state index is 12.7. The monoisotopic (exact) mass is 416 g/mol. The van der Waals surface area contributed by atoms with Crippen molar-refractivity contribution in [3.63, 3.8) is 0 Å². The maximum absolute atomic E-state index is 12.7. The molecule has 2 N–H and O–H groups in total. The number of carbonyl (C=O) groups excluding carboxylic acids is 2. The van der Waals surface area contributed by atoms with Gasteiger partial charge >= 0.3 is 12.0 Å². The van der Waals surface area contributed by atoms with Crippen molar-refractivity contribution in [3.05, 3.63) is 82.0 Å². The lowest BCUT2D eigenvalue weighted by Crippen LogP contribution is -2.46. The lowest BCUT2D eigenvalue weighted by atomic mass is 9.95. The summed E-state index contributed by atoms with van der Waals surface area (Å²) < 4.78 is 5.26. The molecular weight excluding hydrogens is 396 g/mol. The van der Waals surface area contributed by atoms with E-state index in [1.165, 1.54) is 5.56 Å². The molecule has 1 heterocycles. The fraction of sp³-hybridized carbons (Fsp3) is 0.238. The topological polar surface area (TPSA) is 67.4 Å². The fourth-order valence-corrected chi connectivity index (χ4v) is 4.02. The first-order valence-electron chi connectivity index (χ1n) is 8.93. The molecule has 146 valence electrons. The second kappa shape index (κ2) is 9.66. The van der Waals surface area contributed by atoms with Crippen LogP contribution >= 0.6 is 23.4 Å². The van der Waals surface area contributed by atoms with Crippen LogP contribution in [0, 0.1) is 0 Å². The predicted octanol–water partition coefficient (Wildman–Crippen LogP) is 4.44. The summed E-state index contributed by atoms with van der Waals surface area (Å²) in [4.78, 5) is 24.9. The molecule has 0 saturated heterocycles. The predicted molar refractivity (Wildman–Crippen MR) is 112 cm³/mol. The lowest BCUT2D eigenvalue weighted by Gasteiger charge is -2.29. The van der Waals surface area contributed by atoms with Gasteiger partial charge in [0.15, 0.2) is 0 Å². The van der Waals surface area contributed by atoms with Gasteiger partial charge in [0, 0.05) is 22.2 Å². The third kappa shape index (κ3) is 5.09. The zero-order valence-electron chi connectivity index (χ0n) is 15.4. The molecule has 1 unspecified atom stereocenters. The van der Waals surface area contributed by atoms with Crippen LogP contribution in [0.4, 0.5) is 4.79 Å². The molecule has 0 spiro atoms. The number of thioether (sulfide) groups is 1. The average Bonchev–Trinajstić information content (AvgIpc) is 2.69. The van der Waals surface area contributed by atoms with Gasteiger partial charge in [-0.2, -0.15) is 11.8 Å². The molecule has 3 rings (SSSR count). The molecular formula is C21H21ClN2O3S. The van der Waals surface area contributed by atoms with E-state index in [0.717, 1.165) is 11.3 Å². The molecule has 2 aromatic carbocycles. The molecule has 1 aliphatic rings. The van der Waals surface area contributed by atoms with E-state index in [1.54, 1.807) is 43.0 Å². The molecule has 1 aliphatic heterocycles. The van der Waals surface area contributed by atoms with Gasteiger partial charge in [0.1, 0.15) is 0 Å². The molecule has 0 aliphatic carbocycles. The Morgan fingerprint density at radius 3 is 2.50 bits per heavy atom. The van der Waals surface area contributed by atoms with Gasteiger partial charge in [-0.25, -0.2) is 9.59 Å². The average molecular weight is 417 g/mol. The Morgan fingerprint density at radius 1 is 1.11 bits per heavy atom. The van der Waals surface area contributed by atoms with Crippen LogP contribution in [0.2, 0.25) is 5.02 Å². The standard InChI is InChI=1S/C21H21ClN2O3S/c1-2-27-20(25)18-17(13-28-12-14-6-4-3-5-7-14)23-21(26)24-19(18)15-8-10-16(22)11-9-15/h3-11,19H,2,12-13H2,1H3,(H2,23,24,26). The molecule has 7 heteroatoms. The Labute approximate surface area is 173 Å². The zero-order valence-corrected chi connectivity index (χ0v) is 17.0. The van der Waals surface area contributed by atoms with Gasteiger partial charge in [-0.3, -0.25) is 0 Å². The van der Waals surface area contributed by atoms with Crippen molar-refractivity contribution in [1.29, 1.82) is 0 Å². The highest BCUT2D eigenvalue weighted by Gasteiger charge is 2.33. The molecule has 0 fully saturated rings. The molecule has 0 aromatic heterocycles. The zero-order chi connectivity index (χ0) is 19.9. The Morgan fingerprint density at radius 2 is 1.82 bits per heavy atom. The molecule has 2 amide bonds. The number of nitrogens with one attached hydrogen (secondary N) is 2. The summed E-state index contributed by atoms with van der Waals surface area (Å²) in [7, 11) is 0. The number of hydrogen-bond acceptors (Lipinski definition) is 4. The third-order valence-corrected chi connectivity index (χ3v) is 5.49. The number of urea groups is 1. The van der Waals surface area contributed by atoms with Gasteiger partial charge in [0.05, 0.1) is 18.2 Å². The van der Waals surface area contributed by atoms with Crippen LogP contribution in [0.5, 0.6) is 0 Å². The van der Waals surface area contributed by atoms with Crippen LogP contribution < -0.4 is 10.6 Å². The van der Waals surface area contributed by atoms with Crippen molar-refractivity contribution in [2.24, 2.45) is 0 Å². The first kappa shape index (κ1) is 20.3. The number of rotatable bonds is 7. The third-order valence-electron chi connectivity index (χ3n) is 4.21. The van der Waals surface area contributed by atoms with Crippen LogP contribution in [0.1, 0.15) is 24.1 Å².